The highest BCUT2D eigenvalue weighted by Gasteiger charge is 2.42. The van der Waals surface area contributed by atoms with Crippen molar-refractivity contribution in [1.29, 1.82) is 0 Å². The summed E-state index contributed by atoms with van der Waals surface area (Å²) in [4.78, 5) is 34.8. The lowest BCUT2D eigenvalue weighted by Crippen LogP contribution is -2.47. The highest BCUT2D eigenvalue weighted by atomic mass is 35.5. The van der Waals surface area contributed by atoms with Gasteiger partial charge in [0.25, 0.3) is 11.8 Å². The fourth-order valence-corrected chi connectivity index (χ4v) is 4.32. The van der Waals surface area contributed by atoms with Crippen LogP contribution in [0.3, 0.4) is 0 Å². The topological polar surface area (TPSA) is 75.2 Å². The summed E-state index contributed by atoms with van der Waals surface area (Å²) in [5.74, 6) is 0.539. The molecule has 3 aliphatic heterocycles. The molecule has 8 nitrogen and oxygen atoms in total. The van der Waals surface area contributed by atoms with Crippen molar-refractivity contribution in [3.63, 3.8) is 0 Å². The fourth-order valence-electron chi connectivity index (χ4n) is 3.93. The van der Waals surface area contributed by atoms with Crippen LogP contribution in [0.4, 0.5) is 5.69 Å². The first-order valence-corrected chi connectivity index (χ1v) is 10.5. The van der Waals surface area contributed by atoms with Gasteiger partial charge in [-0.05, 0) is 29.8 Å². The molecule has 1 saturated heterocycles. The molecule has 3 aliphatic rings. The molecule has 0 N–H and O–H groups in total. The van der Waals surface area contributed by atoms with Crippen LogP contribution in [0.2, 0.25) is 5.15 Å². The molecule has 160 valence electrons. The molecule has 1 aromatic carbocycles. The van der Waals surface area contributed by atoms with E-state index in [2.05, 4.69) is 9.88 Å². The van der Waals surface area contributed by atoms with Gasteiger partial charge in [0, 0.05) is 32.7 Å². The molecular formula is C21H18Cl2N4O4. The van der Waals surface area contributed by atoms with Gasteiger partial charge in [0.1, 0.15) is 15.9 Å². The van der Waals surface area contributed by atoms with Crippen molar-refractivity contribution >= 4 is 40.7 Å². The molecule has 0 aliphatic carbocycles. The zero-order valence-corrected chi connectivity index (χ0v) is 17.9. The Morgan fingerprint density at radius 2 is 1.71 bits per heavy atom. The maximum absolute atomic E-state index is 13.0. The first kappa shape index (κ1) is 20.1. The molecule has 1 aromatic heterocycles. The monoisotopic (exact) mass is 460 g/mol. The summed E-state index contributed by atoms with van der Waals surface area (Å²) in [6.07, 6.45) is 1.38. The summed E-state index contributed by atoms with van der Waals surface area (Å²) < 4.78 is 10.8. The Morgan fingerprint density at radius 1 is 0.935 bits per heavy atom. The van der Waals surface area contributed by atoms with Crippen LogP contribution in [0.15, 0.2) is 47.3 Å². The lowest BCUT2D eigenvalue weighted by Gasteiger charge is -2.36. The number of carbonyl (C=O) groups is 2. The number of benzene rings is 1. The quantitative estimate of drug-likeness (QED) is 0.512. The zero-order chi connectivity index (χ0) is 21.5. The smallest absolute Gasteiger partial charge is 0.283 e. The van der Waals surface area contributed by atoms with Crippen LogP contribution in [0.5, 0.6) is 11.5 Å². The average molecular weight is 461 g/mol. The third kappa shape index (κ3) is 3.71. The number of nitrogens with zero attached hydrogens (tertiary/aromatic N) is 4. The summed E-state index contributed by atoms with van der Waals surface area (Å²) in [6.45, 7) is 3.64. The number of carbonyl (C=O) groups excluding carboxylic acids is 2. The number of aromatic nitrogens is 1. The maximum atomic E-state index is 13.0. The Kier molecular flexibility index (Phi) is 5.21. The standard InChI is InChI=1S/C21H18Cl2N4O4/c22-17-4-2-14(10-24-17)27-20(28)18(23)19(21(27)29)26-7-5-25(6-8-26)11-13-1-3-15-16(9-13)31-12-30-15/h1-4,9-10H,5-8,11-12H2. The summed E-state index contributed by atoms with van der Waals surface area (Å²) in [5, 5.41) is 0.213. The number of rotatable bonds is 4. The van der Waals surface area contributed by atoms with Gasteiger partial charge in [-0.3, -0.25) is 14.5 Å². The Balaban J connectivity index is 1.25. The van der Waals surface area contributed by atoms with Gasteiger partial charge in [-0.15, -0.1) is 0 Å². The van der Waals surface area contributed by atoms with Crippen LogP contribution in [-0.2, 0) is 16.1 Å². The average Bonchev–Trinajstić information content (AvgIpc) is 3.32. The van der Waals surface area contributed by atoms with E-state index in [1.807, 2.05) is 23.1 Å². The van der Waals surface area contributed by atoms with Crippen LogP contribution in [0.25, 0.3) is 0 Å². The number of hydrogen-bond acceptors (Lipinski definition) is 7. The van der Waals surface area contributed by atoms with Gasteiger partial charge in [-0.25, -0.2) is 9.88 Å². The number of hydrogen-bond donors (Lipinski definition) is 0. The predicted octanol–water partition coefficient (Wildman–Crippen LogP) is 2.61. The molecule has 1 fully saturated rings. The highest BCUT2D eigenvalue weighted by Crippen LogP contribution is 2.34. The Labute approximate surface area is 188 Å². The lowest BCUT2D eigenvalue weighted by molar-refractivity contribution is -0.121. The van der Waals surface area contributed by atoms with Crippen LogP contribution in [0.1, 0.15) is 5.56 Å². The first-order chi connectivity index (χ1) is 15.0. The second-order valence-electron chi connectivity index (χ2n) is 7.40. The van der Waals surface area contributed by atoms with Crippen molar-refractivity contribution in [3.8, 4) is 11.5 Å². The molecule has 0 saturated carbocycles. The van der Waals surface area contributed by atoms with Crippen LogP contribution >= 0.6 is 23.2 Å². The minimum atomic E-state index is -0.548. The van der Waals surface area contributed by atoms with E-state index in [0.717, 1.165) is 41.6 Å². The van der Waals surface area contributed by atoms with Crippen molar-refractivity contribution in [2.24, 2.45) is 0 Å². The van der Waals surface area contributed by atoms with E-state index in [0.29, 0.717) is 18.8 Å². The summed E-state index contributed by atoms with van der Waals surface area (Å²) in [6, 6.07) is 9.03. The molecule has 0 spiro atoms. The Bertz CT molecular complexity index is 1080. The molecule has 10 heteroatoms. The minimum absolute atomic E-state index is 0.0656. The van der Waals surface area contributed by atoms with Gasteiger partial charge in [0.15, 0.2) is 11.5 Å². The van der Waals surface area contributed by atoms with Crippen molar-refractivity contribution in [1.82, 2.24) is 14.8 Å². The summed E-state index contributed by atoms with van der Waals surface area (Å²) >= 11 is 12.1. The minimum Gasteiger partial charge on any atom is -0.454 e. The number of halogens is 2. The third-order valence-corrected chi connectivity index (χ3v) is 6.07. The number of imide groups is 1. The van der Waals surface area contributed by atoms with Crippen molar-refractivity contribution in [2.45, 2.75) is 6.54 Å². The summed E-state index contributed by atoms with van der Waals surface area (Å²) in [5.41, 5.74) is 1.71. The molecule has 0 unspecified atom stereocenters. The second kappa shape index (κ2) is 8.03. The molecule has 31 heavy (non-hydrogen) atoms. The van der Waals surface area contributed by atoms with E-state index < -0.39 is 11.8 Å². The molecule has 0 atom stereocenters. The van der Waals surface area contributed by atoms with E-state index in [4.69, 9.17) is 32.7 Å². The largest absolute Gasteiger partial charge is 0.454 e. The Hall–Kier alpha value is -2.81. The summed E-state index contributed by atoms with van der Waals surface area (Å²) in [7, 11) is 0. The molecule has 2 aromatic rings. The second-order valence-corrected chi connectivity index (χ2v) is 8.16. The van der Waals surface area contributed by atoms with Crippen LogP contribution < -0.4 is 14.4 Å². The molecule has 0 bridgehead atoms. The van der Waals surface area contributed by atoms with Crippen molar-refractivity contribution in [2.75, 3.05) is 37.9 Å². The third-order valence-electron chi connectivity index (χ3n) is 5.51. The predicted molar refractivity (Wildman–Crippen MR) is 114 cm³/mol. The fraction of sp³-hybridized carbons (Fsp3) is 0.286. The van der Waals surface area contributed by atoms with Crippen molar-refractivity contribution < 1.29 is 19.1 Å². The van der Waals surface area contributed by atoms with Gasteiger partial charge in [0.2, 0.25) is 6.79 Å². The van der Waals surface area contributed by atoms with E-state index in [1.165, 1.54) is 12.3 Å². The number of anilines is 1. The number of amides is 2. The van der Waals surface area contributed by atoms with Gasteiger partial charge in [0.05, 0.1) is 11.9 Å². The first-order valence-electron chi connectivity index (χ1n) is 9.77. The van der Waals surface area contributed by atoms with Crippen LogP contribution in [0, 0.1) is 0 Å². The number of piperazine rings is 1. The molecule has 2 amide bonds. The number of pyridine rings is 1. The number of ether oxygens (including phenoxy) is 2. The van der Waals surface area contributed by atoms with E-state index in [9.17, 15) is 9.59 Å². The molecular weight excluding hydrogens is 443 g/mol. The molecule has 4 heterocycles. The molecule has 5 rings (SSSR count). The van der Waals surface area contributed by atoms with Gasteiger partial charge < -0.3 is 14.4 Å². The molecule has 0 radical (unpaired) electrons. The normalized spacial score (nSPS) is 19.0. The van der Waals surface area contributed by atoms with E-state index in [-0.39, 0.29) is 22.7 Å². The van der Waals surface area contributed by atoms with Gasteiger partial charge in [-0.1, -0.05) is 29.3 Å². The SMILES string of the molecule is O=C1C(Cl)=C(N2CCN(Cc3ccc4c(c3)OCO4)CC2)C(=O)N1c1ccc(Cl)nc1. The van der Waals surface area contributed by atoms with E-state index in [1.54, 1.807) is 6.07 Å². The van der Waals surface area contributed by atoms with Gasteiger partial charge in [-0.2, -0.15) is 0 Å². The van der Waals surface area contributed by atoms with E-state index >= 15 is 0 Å². The van der Waals surface area contributed by atoms with Gasteiger partial charge >= 0.3 is 0 Å². The van der Waals surface area contributed by atoms with Crippen molar-refractivity contribution in [3.05, 3.63) is 58.0 Å². The zero-order valence-electron chi connectivity index (χ0n) is 16.4. The Morgan fingerprint density at radius 3 is 2.45 bits per heavy atom. The lowest BCUT2D eigenvalue weighted by atomic mass is 10.1. The highest BCUT2D eigenvalue weighted by molar-refractivity contribution is 6.52. The van der Waals surface area contributed by atoms with Crippen LogP contribution in [-0.4, -0.2) is 59.6 Å². The number of fused-ring (bicyclic) bond motifs is 1. The maximum Gasteiger partial charge on any atom is 0.283 e.